The van der Waals surface area contributed by atoms with Gasteiger partial charge in [0.1, 0.15) is 9.88 Å². The van der Waals surface area contributed by atoms with E-state index < -0.39 is 11.9 Å². The smallest absolute Gasteiger partial charge is 0.346 e. The number of nitrogens with two attached hydrogens (primary N) is 1. The van der Waals surface area contributed by atoms with E-state index in [-0.39, 0.29) is 22.0 Å². The first-order valence-corrected chi connectivity index (χ1v) is 5.10. The number of carbonyl (C=O) groups excluding carboxylic acids is 1. The minimum Gasteiger partial charge on any atom is -0.477 e. The van der Waals surface area contributed by atoms with Crippen LogP contribution in [0.4, 0.5) is 5.00 Å². The Morgan fingerprint density at radius 3 is 2.53 bits per heavy atom. The molecule has 0 bridgehead atoms. The molecule has 0 unspecified atom stereocenters. The lowest BCUT2D eigenvalue weighted by molar-refractivity contribution is 0.0527. The van der Waals surface area contributed by atoms with Crippen LogP contribution < -0.4 is 5.73 Å². The van der Waals surface area contributed by atoms with Gasteiger partial charge in [-0.3, -0.25) is 0 Å². The van der Waals surface area contributed by atoms with Gasteiger partial charge in [0.25, 0.3) is 0 Å². The molecule has 0 fully saturated rings. The molecule has 0 aliphatic carbocycles. The lowest BCUT2D eigenvalue weighted by atomic mass is 10.1. The highest BCUT2D eigenvalue weighted by atomic mass is 32.1. The van der Waals surface area contributed by atoms with Crippen LogP contribution in [0.25, 0.3) is 0 Å². The average Bonchev–Trinajstić information content (AvgIpc) is 2.42. The number of rotatable bonds is 3. The number of carboxylic acids is 1. The predicted octanol–water partition coefficient (Wildman–Crippen LogP) is 1.51. The Morgan fingerprint density at radius 2 is 2.13 bits per heavy atom. The van der Waals surface area contributed by atoms with Gasteiger partial charge < -0.3 is 15.6 Å². The number of ether oxygens (including phenoxy) is 1. The zero-order valence-corrected chi connectivity index (χ0v) is 9.18. The van der Waals surface area contributed by atoms with E-state index in [1.807, 2.05) is 0 Å². The van der Waals surface area contributed by atoms with Crippen LogP contribution in [-0.4, -0.2) is 23.7 Å². The van der Waals surface area contributed by atoms with Gasteiger partial charge in [-0.2, -0.15) is 0 Å². The monoisotopic (exact) mass is 229 g/mol. The maximum atomic E-state index is 11.4. The predicted molar refractivity (Wildman–Crippen MR) is 56.4 cm³/mol. The van der Waals surface area contributed by atoms with E-state index in [2.05, 4.69) is 0 Å². The summed E-state index contributed by atoms with van der Waals surface area (Å²) in [5.41, 5.74) is 6.10. The summed E-state index contributed by atoms with van der Waals surface area (Å²) in [7, 11) is 0. The molecule has 15 heavy (non-hydrogen) atoms. The Morgan fingerprint density at radius 1 is 1.53 bits per heavy atom. The first-order valence-electron chi connectivity index (χ1n) is 4.28. The molecule has 6 heteroatoms. The number of carbonyl (C=O) groups is 2. The Hall–Kier alpha value is -1.56. The fraction of sp³-hybridized carbons (Fsp3) is 0.333. The fourth-order valence-electron chi connectivity index (χ4n) is 1.20. The molecule has 3 N–H and O–H groups in total. The topological polar surface area (TPSA) is 89.6 Å². The second-order valence-corrected chi connectivity index (χ2v) is 3.87. The van der Waals surface area contributed by atoms with Crippen molar-refractivity contribution in [1.29, 1.82) is 0 Å². The summed E-state index contributed by atoms with van der Waals surface area (Å²) in [6.45, 7) is 3.45. The van der Waals surface area contributed by atoms with Gasteiger partial charge in [0.05, 0.1) is 12.2 Å². The third-order valence-electron chi connectivity index (χ3n) is 1.85. The molecule has 0 aromatic carbocycles. The van der Waals surface area contributed by atoms with E-state index in [1.165, 1.54) is 0 Å². The minimum atomic E-state index is -1.08. The van der Waals surface area contributed by atoms with E-state index in [0.29, 0.717) is 5.56 Å². The van der Waals surface area contributed by atoms with Crippen LogP contribution in [0.2, 0.25) is 0 Å². The van der Waals surface area contributed by atoms with E-state index in [4.69, 9.17) is 15.6 Å². The highest BCUT2D eigenvalue weighted by Crippen LogP contribution is 2.30. The van der Waals surface area contributed by atoms with Crippen LogP contribution in [0.15, 0.2) is 0 Å². The zero-order chi connectivity index (χ0) is 11.6. The summed E-state index contributed by atoms with van der Waals surface area (Å²) >= 11 is 0.881. The standard InChI is InChI=1S/C9H11NO4S/c1-3-14-9(13)5-4(2)6(8(11)12)15-7(5)10/h3,10H2,1-2H3,(H,11,12). The molecule has 1 rings (SSSR count). The van der Waals surface area contributed by atoms with Crippen molar-refractivity contribution in [3.63, 3.8) is 0 Å². The van der Waals surface area contributed by atoms with Gasteiger partial charge in [-0.25, -0.2) is 9.59 Å². The first kappa shape index (κ1) is 11.5. The number of anilines is 1. The number of hydrogen-bond acceptors (Lipinski definition) is 5. The fourth-order valence-corrected chi connectivity index (χ4v) is 2.10. The van der Waals surface area contributed by atoms with Gasteiger partial charge in [-0.15, -0.1) is 11.3 Å². The normalized spacial score (nSPS) is 10.0. The van der Waals surface area contributed by atoms with Crippen molar-refractivity contribution in [2.24, 2.45) is 0 Å². The molecular formula is C9H11NO4S. The molecule has 0 spiro atoms. The molecule has 5 nitrogen and oxygen atoms in total. The van der Waals surface area contributed by atoms with Crippen LogP contribution in [0, 0.1) is 6.92 Å². The van der Waals surface area contributed by atoms with E-state index in [1.54, 1.807) is 13.8 Å². The van der Waals surface area contributed by atoms with Crippen LogP contribution >= 0.6 is 11.3 Å². The third-order valence-corrected chi connectivity index (χ3v) is 2.96. The van der Waals surface area contributed by atoms with Gasteiger partial charge >= 0.3 is 11.9 Å². The Kier molecular flexibility index (Phi) is 3.31. The Labute approximate surface area is 90.5 Å². The second kappa shape index (κ2) is 4.31. The largest absolute Gasteiger partial charge is 0.477 e. The first-order chi connectivity index (χ1) is 6.99. The number of esters is 1. The van der Waals surface area contributed by atoms with Crippen LogP contribution in [0.3, 0.4) is 0 Å². The molecule has 1 aromatic rings. The van der Waals surface area contributed by atoms with Crippen molar-refractivity contribution < 1.29 is 19.4 Å². The third kappa shape index (κ3) is 2.10. The van der Waals surface area contributed by atoms with E-state index in [0.717, 1.165) is 11.3 Å². The number of thiophene rings is 1. The number of nitrogen functional groups attached to an aromatic ring is 1. The van der Waals surface area contributed by atoms with Crippen molar-refractivity contribution in [2.45, 2.75) is 13.8 Å². The van der Waals surface area contributed by atoms with Crippen molar-refractivity contribution in [1.82, 2.24) is 0 Å². The molecule has 0 radical (unpaired) electrons. The lowest BCUT2D eigenvalue weighted by Crippen LogP contribution is -2.08. The van der Waals surface area contributed by atoms with E-state index in [9.17, 15) is 9.59 Å². The molecular weight excluding hydrogens is 218 g/mol. The second-order valence-electron chi connectivity index (χ2n) is 2.82. The number of aromatic carboxylic acids is 1. The highest BCUT2D eigenvalue weighted by Gasteiger charge is 2.23. The van der Waals surface area contributed by atoms with Crippen molar-refractivity contribution in [2.75, 3.05) is 12.3 Å². The maximum Gasteiger partial charge on any atom is 0.346 e. The molecule has 0 aliphatic rings. The summed E-state index contributed by atoms with van der Waals surface area (Å²) < 4.78 is 4.78. The van der Waals surface area contributed by atoms with Gasteiger partial charge in [-0.05, 0) is 19.4 Å². The van der Waals surface area contributed by atoms with Crippen molar-refractivity contribution >= 4 is 28.3 Å². The zero-order valence-electron chi connectivity index (χ0n) is 8.36. The molecule has 0 amide bonds. The number of carboxylic acid groups (broad SMARTS) is 1. The molecule has 82 valence electrons. The summed E-state index contributed by atoms with van der Waals surface area (Å²) in [5.74, 6) is -1.66. The van der Waals surface area contributed by atoms with Crippen molar-refractivity contribution in [3.8, 4) is 0 Å². The Bertz CT molecular complexity index is 410. The molecule has 0 atom stereocenters. The van der Waals surface area contributed by atoms with E-state index >= 15 is 0 Å². The lowest BCUT2D eigenvalue weighted by Gasteiger charge is -2.01. The van der Waals surface area contributed by atoms with Crippen molar-refractivity contribution in [3.05, 3.63) is 16.0 Å². The maximum absolute atomic E-state index is 11.4. The molecule has 0 saturated carbocycles. The van der Waals surface area contributed by atoms with Gasteiger partial charge in [0, 0.05) is 0 Å². The number of hydrogen-bond donors (Lipinski definition) is 2. The Balaban J connectivity index is 3.19. The van der Waals surface area contributed by atoms with Gasteiger partial charge in [0.15, 0.2) is 0 Å². The summed E-state index contributed by atoms with van der Waals surface area (Å²) in [4.78, 5) is 22.3. The SMILES string of the molecule is CCOC(=O)c1c(N)sc(C(=O)O)c1C. The van der Waals surface area contributed by atoms with Gasteiger partial charge in [0.2, 0.25) is 0 Å². The molecule has 1 heterocycles. The van der Waals surface area contributed by atoms with Crippen LogP contribution in [0.1, 0.15) is 32.5 Å². The summed E-state index contributed by atoms with van der Waals surface area (Å²) in [6.07, 6.45) is 0. The minimum absolute atomic E-state index is 0.0792. The quantitative estimate of drug-likeness (QED) is 0.767. The molecule has 1 aromatic heterocycles. The molecule has 0 saturated heterocycles. The van der Waals surface area contributed by atoms with Gasteiger partial charge in [-0.1, -0.05) is 0 Å². The van der Waals surface area contributed by atoms with Crippen LogP contribution in [0.5, 0.6) is 0 Å². The highest BCUT2D eigenvalue weighted by molar-refractivity contribution is 7.18. The summed E-state index contributed by atoms with van der Waals surface area (Å²) in [6, 6.07) is 0. The average molecular weight is 229 g/mol. The van der Waals surface area contributed by atoms with Crippen LogP contribution in [-0.2, 0) is 4.74 Å². The molecule has 0 aliphatic heterocycles. The summed E-state index contributed by atoms with van der Waals surface area (Å²) in [5, 5.41) is 9.00.